The Bertz CT molecular complexity index is 426. The van der Waals surface area contributed by atoms with Crippen LogP contribution in [-0.4, -0.2) is 4.98 Å². The van der Waals surface area contributed by atoms with Gasteiger partial charge in [-0.05, 0) is 24.3 Å². The summed E-state index contributed by atoms with van der Waals surface area (Å²) in [5, 5.41) is 1.00. The minimum absolute atomic E-state index is 0.771. The van der Waals surface area contributed by atoms with Gasteiger partial charge in [0.2, 0.25) is 0 Å². The lowest BCUT2D eigenvalue weighted by molar-refractivity contribution is 1.41. The molecule has 0 bridgehead atoms. The molecule has 1 aromatic carbocycles. The molecule has 1 heterocycles. The number of halogens is 1. The quantitative estimate of drug-likeness (QED) is 0.745. The lowest BCUT2D eigenvalue weighted by Crippen LogP contribution is -1.87. The average molecular weight is 223 g/mol. The molecular weight excluding hydrogens is 216 g/mol. The zero-order chi connectivity index (χ0) is 8.55. The molecule has 0 unspecified atom stereocenters. The summed E-state index contributed by atoms with van der Waals surface area (Å²) in [6.07, 6.45) is 1.71. The first-order valence-electron chi connectivity index (χ1n) is 3.57. The third kappa shape index (κ3) is 1.16. The van der Waals surface area contributed by atoms with Crippen molar-refractivity contribution in [3.8, 4) is 0 Å². The topological polar surface area (TPSA) is 38.9 Å². The van der Waals surface area contributed by atoms with E-state index >= 15 is 0 Å². The summed E-state index contributed by atoms with van der Waals surface area (Å²) in [5.74, 6) is 0. The van der Waals surface area contributed by atoms with Crippen molar-refractivity contribution in [2.24, 2.45) is 0 Å². The van der Waals surface area contributed by atoms with Crippen LogP contribution in [0, 0.1) is 0 Å². The highest BCUT2D eigenvalue weighted by Gasteiger charge is 1.97. The van der Waals surface area contributed by atoms with Crippen LogP contribution in [0.5, 0.6) is 0 Å². The molecule has 0 saturated carbocycles. The van der Waals surface area contributed by atoms with E-state index in [0.717, 1.165) is 21.1 Å². The van der Waals surface area contributed by atoms with Crippen LogP contribution in [-0.2, 0) is 0 Å². The second-order valence-electron chi connectivity index (χ2n) is 2.56. The first kappa shape index (κ1) is 7.55. The number of hydrogen-bond acceptors (Lipinski definition) is 2. The minimum Gasteiger partial charge on any atom is -0.398 e. The third-order valence-corrected chi connectivity index (χ3v) is 2.23. The van der Waals surface area contributed by atoms with E-state index in [2.05, 4.69) is 20.9 Å². The van der Waals surface area contributed by atoms with E-state index in [4.69, 9.17) is 5.73 Å². The Labute approximate surface area is 78.5 Å². The van der Waals surface area contributed by atoms with Gasteiger partial charge in [-0.15, -0.1) is 0 Å². The SMILES string of the molecule is Nc1ccnc2cc(Br)ccc12. The normalized spacial score (nSPS) is 10.4. The number of aromatic nitrogens is 1. The number of nitrogens with zero attached hydrogens (tertiary/aromatic N) is 1. The maximum atomic E-state index is 5.75. The highest BCUT2D eigenvalue weighted by molar-refractivity contribution is 9.10. The van der Waals surface area contributed by atoms with E-state index in [0.29, 0.717) is 0 Å². The molecule has 3 heteroatoms. The maximum Gasteiger partial charge on any atom is 0.0733 e. The zero-order valence-electron chi connectivity index (χ0n) is 6.29. The van der Waals surface area contributed by atoms with Crippen LogP contribution in [0.15, 0.2) is 34.9 Å². The number of nitrogens with two attached hydrogens (primary N) is 1. The molecule has 0 aliphatic carbocycles. The van der Waals surface area contributed by atoms with Crippen molar-refractivity contribution in [3.63, 3.8) is 0 Å². The minimum atomic E-state index is 0.771. The predicted molar refractivity (Wildman–Crippen MR) is 53.9 cm³/mol. The maximum absolute atomic E-state index is 5.75. The van der Waals surface area contributed by atoms with Gasteiger partial charge >= 0.3 is 0 Å². The Hall–Kier alpha value is -1.09. The summed E-state index contributed by atoms with van der Waals surface area (Å²) in [7, 11) is 0. The number of nitrogen functional groups attached to an aromatic ring is 1. The zero-order valence-corrected chi connectivity index (χ0v) is 7.88. The summed E-state index contributed by atoms with van der Waals surface area (Å²) < 4.78 is 1.02. The molecule has 2 nitrogen and oxygen atoms in total. The Kier molecular flexibility index (Phi) is 1.73. The molecule has 0 fully saturated rings. The van der Waals surface area contributed by atoms with Gasteiger partial charge in [0.25, 0.3) is 0 Å². The molecule has 2 N–H and O–H groups in total. The molecule has 60 valence electrons. The van der Waals surface area contributed by atoms with Crippen LogP contribution in [0.4, 0.5) is 5.69 Å². The second-order valence-corrected chi connectivity index (χ2v) is 3.48. The van der Waals surface area contributed by atoms with E-state index in [9.17, 15) is 0 Å². The largest absolute Gasteiger partial charge is 0.398 e. The van der Waals surface area contributed by atoms with Crippen molar-refractivity contribution < 1.29 is 0 Å². The number of rotatable bonds is 0. The van der Waals surface area contributed by atoms with Crippen LogP contribution >= 0.6 is 15.9 Å². The van der Waals surface area contributed by atoms with E-state index in [1.54, 1.807) is 12.3 Å². The smallest absolute Gasteiger partial charge is 0.0733 e. The Balaban J connectivity index is 2.86. The number of hydrogen-bond donors (Lipinski definition) is 1. The van der Waals surface area contributed by atoms with Crippen LogP contribution in [0.3, 0.4) is 0 Å². The number of anilines is 1. The first-order chi connectivity index (χ1) is 5.77. The van der Waals surface area contributed by atoms with Gasteiger partial charge in [0.15, 0.2) is 0 Å². The molecule has 0 saturated heterocycles. The molecular formula is C9H7BrN2. The van der Waals surface area contributed by atoms with Gasteiger partial charge < -0.3 is 5.73 Å². The summed E-state index contributed by atoms with van der Waals surface area (Å²) in [6, 6.07) is 7.67. The fraction of sp³-hybridized carbons (Fsp3) is 0. The van der Waals surface area contributed by atoms with Gasteiger partial charge in [-0.3, -0.25) is 4.98 Å². The van der Waals surface area contributed by atoms with E-state index in [1.807, 2.05) is 18.2 Å². The summed E-state index contributed by atoms with van der Waals surface area (Å²) >= 11 is 3.38. The molecule has 12 heavy (non-hydrogen) atoms. The number of fused-ring (bicyclic) bond motifs is 1. The Morgan fingerprint density at radius 3 is 2.92 bits per heavy atom. The second kappa shape index (κ2) is 2.75. The van der Waals surface area contributed by atoms with Gasteiger partial charge in [-0.25, -0.2) is 0 Å². The Morgan fingerprint density at radius 2 is 2.08 bits per heavy atom. The molecule has 0 spiro atoms. The van der Waals surface area contributed by atoms with E-state index in [1.165, 1.54) is 0 Å². The fourth-order valence-corrected chi connectivity index (χ4v) is 1.49. The summed E-state index contributed by atoms with van der Waals surface area (Å²) in [4.78, 5) is 4.19. The molecule has 1 aromatic heterocycles. The highest BCUT2D eigenvalue weighted by Crippen LogP contribution is 2.21. The van der Waals surface area contributed by atoms with Crippen LogP contribution in [0.2, 0.25) is 0 Å². The van der Waals surface area contributed by atoms with Crippen molar-refractivity contribution >= 4 is 32.5 Å². The van der Waals surface area contributed by atoms with Gasteiger partial charge in [0, 0.05) is 21.7 Å². The fourth-order valence-electron chi connectivity index (χ4n) is 1.14. The molecule has 0 radical (unpaired) electrons. The molecule has 2 aromatic rings. The molecule has 2 rings (SSSR count). The Morgan fingerprint density at radius 1 is 1.25 bits per heavy atom. The monoisotopic (exact) mass is 222 g/mol. The molecule has 0 aliphatic rings. The first-order valence-corrected chi connectivity index (χ1v) is 4.36. The van der Waals surface area contributed by atoms with Gasteiger partial charge in [-0.1, -0.05) is 15.9 Å². The molecule has 0 atom stereocenters. The standard InChI is InChI=1S/C9H7BrN2/c10-6-1-2-7-8(11)3-4-12-9(7)5-6/h1-5H,(H2,11,12). The molecule has 0 amide bonds. The van der Waals surface area contributed by atoms with E-state index < -0.39 is 0 Å². The van der Waals surface area contributed by atoms with Crippen molar-refractivity contribution in [3.05, 3.63) is 34.9 Å². The van der Waals surface area contributed by atoms with Crippen LogP contribution in [0.25, 0.3) is 10.9 Å². The van der Waals surface area contributed by atoms with Crippen molar-refractivity contribution in [2.75, 3.05) is 5.73 Å². The van der Waals surface area contributed by atoms with E-state index in [-0.39, 0.29) is 0 Å². The van der Waals surface area contributed by atoms with Crippen molar-refractivity contribution in [1.82, 2.24) is 4.98 Å². The van der Waals surface area contributed by atoms with Crippen molar-refractivity contribution in [1.29, 1.82) is 0 Å². The highest BCUT2D eigenvalue weighted by atomic mass is 79.9. The van der Waals surface area contributed by atoms with Crippen LogP contribution in [0.1, 0.15) is 0 Å². The third-order valence-electron chi connectivity index (χ3n) is 1.74. The number of benzene rings is 1. The summed E-state index contributed by atoms with van der Waals surface area (Å²) in [6.45, 7) is 0. The van der Waals surface area contributed by atoms with Gasteiger partial charge in [-0.2, -0.15) is 0 Å². The predicted octanol–water partition coefficient (Wildman–Crippen LogP) is 2.58. The van der Waals surface area contributed by atoms with Crippen LogP contribution < -0.4 is 5.73 Å². The average Bonchev–Trinajstić information content (AvgIpc) is 2.04. The summed E-state index contributed by atoms with van der Waals surface area (Å²) in [5.41, 5.74) is 7.44. The lowest BCUT2D eigenvalue weighted by atomic mass is 10.2. The van der Waals surface area contributed by atoms with Gasteiger partial charge in [0.05, 0.1) is 5.52 Å². The van der Waals surface area contributed by atoms with Gasteiger partial charge in [0.1, 0.15) is 0 Å². The molecule has 0 aliphatic heterocycles. The van der Waals surface area contributed by atoms with Crippen molar-refractivity contribution in [2.45, 2.75) is 0 Å². The lowest BCUT2D eigenvalue weighted by Gasteiger charge is -1.99. The number of pyridine rings is 1.